The molecule has 1 aromatic rings. The van der Waals surface area contributed by atoms with Gasteiger partial charge < -0.3 is 9.64 Å². The Morgan fingerprint density at radius 2 is 2.10 bits per heavy atom. The summed E-state index contributed by atoms with van der Waals surface area (Å²) in [7, 11) is 0. The van der Waals surface area contributed by atoms with Crippen molar-refractivity contribution < 1.29 is 9.53 Å². The van der Waals surface area contributed by atoms with Gasteiger partial charge in [0, 0.05) is 18.8 Å². The van der Waals surface area contributed by atoms with Gasteiger partial charge in [0.1, 0.15) is 11.9 Å². The van der Waals surface area contributed by atoms with Crippen LogP contribution in [0.15, 0.2) is 18.5 Å². The van der Waals surface area contributed by atoms with Gasteiger partial charge in [-0.2, -0.15) is 0 Å². The molecule has 2 rings (SSSR count). The van der Waals surface area contributed by atoms with E-state index >= 15 is 0 Å². The van der Waals surface area contributed by atoms with Gasteiger partial charge in [0.2, 0.25) is 0 Å². The molecule has 20 heavy (non-hydrogen) atoms. The van der Waals surface area contributed by atoms with Gasteiger partial charge in [-0.25, -0.2) is 14.8 Å². The third-order valence-corrected chi connectivity index (χ3v) is 2.99. The maximum atomic E-state index is 12.0. The van der Waals surface area contributed by atoms with E-state index in [-0.39, 0.29) is 6.09 Å². The summed E-state index contributed by atoms with van der Waals surface area (Å²) in [6, 6.07) is 1.97. The molecule has 1 aliphatic heterocycles. The van der Waals surface area contributed by atoms with Gasteiger partial charge in [0.25, 0.3) is 0 Å². The van der Waals surface area contributed by atoms with E-state index in [4.69, 9.17) is 4.74 Å². The first-order chi connectivity index (χ1) is 9.35. The highest BCUT2D eigenvalue weighted by molar-refractivity contribution is 5.71. The van der Waals surface area contributed by atoms with Crippen molar-refractivity contribution >= 4 is 11.7 Å². The van der Waals surface area contributed by atoms with Crippen molar-refractivity contribution in [3.8, 4) is 0 Å². The van der Waals surface area contributed by atoms with E-state index in [1.165, 1.54) is 0 Å². The van der Waals surface area contributed by atoms with Gasteiger partial charge in [-0.3, -0.25) is 0 Å². The number of aryl methyl sites for hydroxylation is 1. The van der Waals surface area contributed by atoms with Crippen LogP contribution in [0.2, 0.25) is 0 Å². The lowest BCUT2D eigenvalue weighted by Crippen LogP contribution is -2.39. The molecule has 108 valence electrons. The zero-order valence-electron chi connectivity index (χ0n) is 12.5. The lowest BCUT2D eigenvalue weighted by Gasteiger charge is -2.29. The normalized spacial score (nSPS) is 15.8. The van der Waals surface area contributed by atoms with Crippen LogP contribution in [-0.2, 0) is 4.74 Å². The Hall–Kier alpha value is -1.91. The summed E-state index contributed by atoms with van der Waals surface area (Å²) in [4.78, 5) is 22.0. The molecule has 5 heteroatoms. The van der Waals surface area contributed by atoms with E-state index in [9.17, 15) is 4.79 Å². The second-order valence-corrected chi connectivity index (χ2v) is 5.95. The quantitative estimate of drug-likeness (QED) is 0.791. The Morgan fingerprint density at radius 3 is 2.65 bits per heavy atom. The lowest BCUT2D eigenvalue weighted by atomic mass is 10.0. The maximum Gasteiger partial charge on any atom is 0.410 e. The molecule has 0 N–H and O–H groups in total. The van der Waals surface area contributed by atoms with Crippen molar-refractivity contribution in [1.82, 2.24) is 14.9 Å². The Bertz CT molecular complexity index is 532. The molecule has 1 aliphatic rings. The standard InChI is InChI=1S/C15H21N3O2/c1-11-9-13(17-10-16-11)12-5-7-18(8-6-12)14(19)20-15(2,3)4/h5,9-10H,6-8H2,1-4H3. The second kappa shape index (κ2) is 5.61. The molecule has 0 aliphatic carbocycles. The predicted molar refractivity (Wildman–Crippen MR) is 77.2 cm³/mol. The molecule has 0 fully saturated rings. The topological polar surface area (TPSA) is 55.3 Å². The molecule has 0 saturated carbocycles. The third kappa shape index (κ3) is 3.79. The smallest absolute Gasteiger partial charge is 0.410 e. The average molecular weight is 275 g/mol. The highest BCUT2D eigenvalue weighted by Gasteiger charge is 2.24. The summed E-state index contributed by atoms with van der Waals surface area (Å²) >= 11 is 0. The van der Waals surface area contributed by atoms with Crippen LogP contribution >= 0.6 is 0 Å². The summed E-state index contributed by atoms with van der Waals surface area (Å²) in [5.74, 6) is 0. The summed E-state index contributed by atoms with van der Waals surface area (Å²) in [6.45, 7) is 8.79. The van der Waals surface area contributed by atoms with Gasteiger partial charge in [0.05, 0.1) is 5.69 Å². The minimum Gasteiger partial charge on any atom is -0.444 e. The van der Waals surface area contributed by atoms with E-state index in [0.29, 0.717) is 13.1 Å². The summed E-state index contributed by atoms with van der Waals surface area (Å²) in [5, 5.41) is 0. The summed E-state index contributed by atoms with van der Waals surface area (Å²) in [5.41, 5.74) is 2.60. The number of hydrogen-bond donors (Lipinski definition) is 0. The van der Waals surface area contributed by atoms with E-state index in [1.54, 1.807) is 11.2 Å². The Kier molecular flexibility index (Phi) is 4.06. The molecule has 0 atom stereocenters. The number of ether oxygens (including phenoxy) is 1. The number of nitrogens with zero attached hydrogens (tertiary/aromatic N) is 3. The number of hydrogen-bond acceptors (Lipinski definition) is 4. The van der Waals surface area contributed by atoms with Crippen LogP contribution in [-0.4, -0.2) is 39.7 Å². The Labute approximate surface area is 119 Å². The SMILES string of the molecule is Cc1cc(C2=CCN(C(=O)OC(C)(C)C)CC2)ncn1. The number of carbonyl (C=O) groups is 1. The monoisotopic (exact) mass is 275 g/mol. The third-order valence-electron chi connectivity index (χ3n) is 2.99. The van der Waals surface area contributed by atoms with E-state index in [2.05, 4.69) is 9.97 Å². The van der Waals surface area contributed by atoms with Gasteiger partial charge in [-0.1, -0.05) is 6.08 Å². The van der Waals surface area contributed by atoms with Crippen molar-refractivity contribution in [2.75, 3.05) is 13.1 Å². The van der Waals surface area contributed by atoms with Crippen LogP contribution in [0.1, 0.15) is 38.6 Å². The van der Waals surface area contributed by atoms with Crippen LogP contribution in [0.4, 0.5) is 4.79 Å². The van der Waals surface area contributed by atoms with Crippen LogP contribution in [0.25, 0.3) is 5.57 Å². The molecule has 0 unspecified atom stereocenters. The predicted octanol–water partition coefficient (Wildman–Crippen LogP) is 2.81. The van der Waals surface area contributed by atoms with Crippen molar-refractivity contribution in [2.45, 2.75) is 39.7 Å². The first kappa shape index (κ1) is 14.5. The molecule has 0 aromatic carbocycles. The highest BCUT2D eigenvalue weighted by Crippen LogP contribution is 2.22. The van der Waals surface area contributed by atoms with Crippen molar-refractivity contribution in [2.24, 2.45) is 0 Å². The fraction of sp³-hybridized carbons (Fsp3) is 0.533. The average Bonchev–Trinajstić information content (AvgIpc) is 2.37. The minimum atomic E-state index is -0.454. The maximum absolute atomic E-state index is 12.0. The first-order valence-corrected chi connectivity index (χ1v) is 6.81. The number of rotatable bonds is 1. The van der Waals surface area contributed by atoms with Gasteiger partial charge in [-0.05, 0) is 45.8 Å². The van der Waals surface area contributed by atoms with Crippen LogP contribution in [0, 0.1) is 6.92 Å². The molecular formula is C15H21N3O2. The van der Waals surface area contributed by atoms with E-state index in [0.717, 1.165) is 23.4 Å². The Balaban J connectivity index is 2.02. The molecule has 0 radical (unpaired) electrons. The van der Waals surface area contributed by atoms with E-state index < -0.39 is 5.60 Å². The van der Waals surface area contributed by atoms with Crippen LogP contribution < -0.4 is 0 Å². The first-order valence-electron chi connectivity index (χ1n) is 6.81. The minimum absolute atomic E-state index is 0.258. The fourth-order valence-electron chi connectivity index (χ4n) is 2.02. The summed E-state index contributed by atoms with van der Waals surface area (Å²) in [6.07, 6.45) is 4.14. The van der Waals surface area contributed by atoms with Gasteiger partial charge in [-0.15, -0.1) is 0 Å². The molecule has 1 aromatic heterocycles. The van der Waals surface area contributed by atoms with Crippen molar-refractivity contribution in [3.63, 3.8) is 0 Å². The largest absolute Gasteiger partial charge is 0.444 e. The molecule has 0 bridgehead atoms. The van der Waals surface area contributed by atoms with E-state index in [1.807, 2.05) is 39.8 Å². The number of aromatic nitrogens is 2. The highest BCUT2D eigenvalue weighted by atomic mass is 16.6. The second-order valence-electron chi connectivity index (χ2n) is 5.95. The van der Waals surface area contributed by atoms with Crippen LogP contribution in [0.3, 0.4) is 0 Å². The molecule has 5 nitrogen and oxygen atoms in total. The lowest BCUT2D eigenvalue weighted by molar-refractivity contribution is 0.0270. The molecular weight excluding hydrogens is 254 g/mol. The fourth-order valence-corrected chi connectivity index (χ4v) is 2.02. The van der Waals surface area contributed by atoms with Gasteiger partial charge >= 0.3 is 6.09 Å². The molecule has 0 saturated heterocycles. The van der Waals surface area contributed by atoms with Crippen molar-refractivity contribution in [1.29, 1.82) is 0 Å². The molecule has 1 amide bonds. The zero-order chi connectivity index (χ0) is 14.8. The number of carbonyl (C=O) groups excluding carboxylic acids is 1. The van der Waals surface area contributed by atoms with Crippen LogP contribution in [0.5, 0.6) is 0 Å². The van der Waals surface area contributed by atoms with Gasteiger partial charge in [0.15, 0.2) is 0 Å². The Morgan fingerprint density at radius 1 is 1.35 bits per heavy atom. The number of amides is 1. The zero-order valence-corrected chi connectivity index (χ0v) is 12.5. The molecule has 0 spiro atoms. The summed E-state index contributed by atoms with van der Waals surface area (Å²) < 4.78 is 5.37. The molecule has 2 heterocycles. The van der Waals surface area contributed by atoms with Crippen molar-refractivity contribution in [3.05, 3.63) is 29.9 Å².